The molecule has 6 atom stereocenters. The van der Waals surface area contributed by atoms with Gasteiger partial charge >= 0.3 is 0 Å². The second kappa shape index (κ2) is 11.3. The molecule has 3 saturated heterocycles. The van der Waals surface area contributed by atoms with E-state index >= 15 is 0 Å². The van der Waals surface area contributed by atoms with E-state index in [1.54, 1.807) is 28.9 Å². The first-order valence-electron chi connectivity index (χ1n) is 14.3. The molecule has 2 aromatic rings. The third-order valence-electron chi connectivity index (χ3n) is 8.93. The maximum absolute atomic E-state index is 14.7. The van der Waals surface area contributed by atoms with Crippen LogP contribution in [0, 0.1) is 25.7 Å². The van der Waals surface area contributed by atoms with Gasteiger partial charge in [-0.1, -0.05) is 48.6 Å². The van der Waals surface area contributed by atoms with Gasteiger partial charge in [0.15, 0.2) is 0 Å². The van der Waals surface area contributed by atoms with Crippen LogP contribution in [0.15, 0.2) is 73.8 Å². The number of rotatable bonds is 10. The Morgan fingerprint density at radius 2 is 1.68 bits per heavy atom. The summed E-state index contributed by atoms with van der Waals surface area (Å²) in [4.78, 5) is 48.1. The molecular formula is C33H39N3O5. The molecule has 0 aromatic heterocycles. The molecule has 2 aromatic carbocycles. The number of amides is 3. The fraction of sp³-hybridized carbons (Fsp3) is 0.424. The number of fused-ring (bicyclic) bond motifs is 1. The van der Waals surface area contributed by atoms with Gasteiger partial charge in [0, 0.05) is 24.5 Å². The highest BCUT2D eigenvalue weighted by atomic mass is 16.5. The number of carbonyl (C=O) groups is 3. The van der Waals surface area contributed by atoms with E-state index in [4.69, 9.17) is 4.74 Å². The summed E-state index contributed by atoms with van der Waals surface area (Å²) < 4.78 is 6.64. The number of nitrogens with zero attached hydrogens (tertiary/aromatic N) is 3. The number of carbonyl (C=O) groups excluding carboxylic acids is 3. The zero-order chi connectivity index (χ0) is 29.5. The largest absolute Gasteiger partial charge is 0.394 e. The molecular weight excluding hydrogens is 518 g/mol. The van der Waals surface area contributed by atoms with Crippen LogP contribution in [0.25, 0.3) is 0 Å². The van der Waals surface area contributed by atoms with Gasteiger partial charge in [0.1, 0.15) is 11.6 Å². The van der Waals surface area contributed by atoms with E-state index in [0.717, 1.165) is 16.8 Å². The van der Waals surface area contributed by atoms with Gasteiger partial charge in [-0.25, -0.2) is 0 Å². The van der Waals surface area contributed by atoms with Gasteiger partial charge in [0.25, 0.3) is 5.91 Å². The molecule has 0 radical (unpaired) electrons. The Hall–Kier alpha value is -3.75. The molecule has 41 heavy (non-hydrogen) atoms. The molecule has 8 nitrogen and oxygen atoms in total. The predicted molar refractivity (Wildman–Crippen MR) is 158 cm³/mol. The van der Waals surface area contributed by atoms with Crippen LogP contribution in [-0.4, -0.2) is 71.2 Å². The first-order chi connectivity index (χ1) is 19.7. The summed E-state index contributed by atoms with van der Waals surface area (Å²) in [6.07, 6.45) is 3.89. The average Bonchev–Trinajstić information content (AvgIpc) is 3.62. The predicted octanol–water partition coefficient (Wildman–Crippen LogP) is 3.80. The van der Waals surface area contributed by atoms with E-state index in [1.165, 1.54) is 4.90 Å². The normalized spacial score (nSPS) is 26.9. The maximum Gasteiger partial charge on any atom is 0.253 e. The van der Waals surface area contributed by atoms with Crippen molar-refractivity contribution in [2.24, 2.45) is 11.8 Å². The summed E-state index contributed by atoms with van der Waals surface area (Å²) in [6, 6.07) is 13.5. The number of likely N-dealkylation sites (tertiary alicyclic amines) is 1. The Bertz CT molecular complexity index is 1340. The van der Waals surface area contributed by atoms with Crippen molar-refractivity contribution in [1.29, 1.82) is 0 Å². The molecule has 216 valence electrons. The third-order valence-corrected chi connectivity index (χ3v) is 8.93. The first kappa shape index (κ1) is 28.8. The highest BCUT2D eigenvalue weighted by Gasteiger charge is 2.75. The molecule has 2 unspecified atom stereocenters. The maximum atomic E-state index is 14.7. The fourth-order valence-electron chi connectivity index (χ4n) is 7.25. The molecule has 3 amide bonds. The summed E-state index contributed by atoms with van der Waals surface area (Å²) in [5, 5.41) is 10.2. The average molecular weight is 558 g/mol. The highest BCUT2D eigenvalue weighted by Crippen LogP contribution is 2.59. The molecule has 8 heteroatoms. The highest BCUT2D eigenvalue weighted by molar-refractivity contribution is 6.07. The molecule has 1 spiro atoms. The van der Waals surface area contributed by atoms with Crippen LogP contribution in [0.3, 0.4) is 0 Å². The first-order valence-corrected chi connectivity index (χ1v) is 14.3. The fourth-order valence-corrected chi connectivity index (χ4v) is 7.25. The van der Waals surface area contributed by atoms with Crippen molar-refractivity contribution in [3.8, 4) is 0 Å². The van der Waals surface area contributed by atoms with Crippen LogP contribution >= 0.6 is 0 Å². The lowest BCUT2D eigenvalue weighted by atomic mass is 9.70. The number of anilines is 2. The van der Waals surface area contributed by atoms with Crippen LogP contribution in [0.2, 0.25) is 0 Å². The molecule has 3 aliphatic heterocycles. The summed E-state index contributed by atoms with van der Waals surface area (Å²) in [7, 11) is 0. The van der Waals surface area contributed by atoms with Crippen molar-refractivity contribution >= 4 is 29.1 Å². The molecule has 5 rings (SSSR count). The van der Waals surface area contributed by atoms with Gasteiger partial charge < -0.3 is 24.5 Å². The van der Waals surface area contributed by atoms with Crippen molar-refractivity contribution in [3.63, 3.8) is 0 Å². The van der Waals surface area contributed by atoms with Gasteiger partial charge in [-0.05, 0) is 56.9 Å². The van der Waals surface area contributed by atoms with E-state index in [9.17, 15) is 19.5 Å². The summed E-state index contributed by atoms with van der Waals surface area (Å²) >= 11 is 0. The Morgan fingerprint density at radius 3 is 2.29 bits per heavy atom. The number of aliphatic hydroxyl groups excluding tert-OH is 1. The number of aliphatic hydroxyl groups is 1. The SMILES string of the molecule is C=CCN(C(=O)[C@@H]1[C@H]2C(=O)N([C@H](C)CO)C(C(=O)N(CC=C)c3c(C)cccc3C)C23CC[C@H]1O3)c1ccccc1. The van der Waals surface area contributed by atoms with Crippen LogP contribution < -0.4 is 9.80 Å². The number of aryl methyl sites for hydroxylation is 2. The smallest absolute Gasteiger partial charge is 0.253 e. The third kappa shape index (κ3) is 4.50. The number of benzene rings is 2. The van der Waals surface area contributed by atoms with Gasteiger partial charge in [-0.15, -0.1) is 13.2 Å². The minimum Gasteiger partial charge on any atom is -0.394 e. The lowest BCUT2D eigenvalue weighted by Gasteiger charge is -2.39. The molecule has 0 aliphatic carbocycles. The Kier molecular flexibility index (Phi) is 7.90. The van der Waals surface area contributed by atoms with Crippen molar-refractivity contribution in [3.05, 3.63) is 85.0 Å². The number of hydrogen-bond donors (Lipinski definition) is 1. The zero-order valence-corrected chi connectivity index (χ0v) is 24.0. The number of para-hydroxylation sites is 2. The Morgan fingerprint density at radius 1 is 1.05 bits per heavy atom. The van der Waals surface area contributed by atoms with Crippen molar-refractivity contribution in [2.45, 2.75) is 57.4 Å². The van der Waals surface area contributed by atoms with Crippen molar-refractivity contribution < 1.29 is 24.2 Å². The monoisotopic (exact) mass is 557 g/mol. The quantitative estimate of drug-likeness (QED) is 0.449. The van der Waals surface area contributed by atoms with Crippen LogP contribution in [0.5, 0.6) is 0 Å². The van der Waals surface area contributed by atoms with Crippen molar-refractivity contribution in [2.75, 3.05) is 29.5 Å². The topological polar surface area (TPSA) is 90.4 Å². The second-order valence-electron chi connectivity index (χ2n) is 11.4. The van der Waals surface area contributed by atoms with Gasteiger partial charge in [0.2, 0.25) is 11.8 Å². The molecule has 0 saturated carbocycles. The van der Waals surface area contributed by atoms with Crippen LogP contribution in [0.1, 0.15) is 30.9 Å². The molecule has 2 bridgehead atoms. The lowest BCUT2D eigenvalue weighted by Crippen LogP contribution is -2.58. The van der Waals surface area contributed by atoms with E-state index in [-0.39, 0.29) is 37.4 Å². The van der Waals surface area contributed by atoms with Crippen LogP contribution in [0.4, 0.5) is 11.4 Å². The van der Waals surface area contributed by atoms with E-state index in [0.29, 0.717) is 18.5 Å². The standard InChI is InChI=1S/C33H39N3O5/c1-6-18-34(24-14-9-8-10-15-24)30(38)26-25-16-17-33(41-25)27(26)31(39)36(23(5)20-37)29(33)32(40)35(19-7-2)28-21(3)12-11-13-22(28)4/h6-15,23,25-27,29,37H,1-2,16-20H2,3-5H3/t23-,25-,26+,27+,29?,33?/m1/s1. The minimum absolute atomic E-state index is 0.219. The summed E-state index contributed by atoms with van der Waals surface area (Å²) in [6.45, 7) is 13.5. The number of ether oxygens (including phenoxy) is 1. The molecule has 3 fully saturated rings. The molecule has 3 heterocycles. The number of hydrogen-bond acceptors (Lipinski definition) is 5. The van der Waals surface area contributed by atoms with Gasteiger partial charge in [-0.3, -0.25) is 14.4 Å². The summed E-state index contributed by atoms with van der Waals surface area (Å²) in [5.41, 5.74) is 2.15. The van der Waals surface area contributed by atoms with Gasteiger partial charge in [0.05, 0.1) is 30.6 Å². The van der Waals surface area contributed by atoms with E-state index in [1.807, 2.05) is 62.4 Å². The molecule has 3 aliphatic rings. The Labute approximate surface area is 241 Å². The second-order valence-corrected chi connectivity index (χ2v) is 11.4. The van der Waals surface area contributed by atoms with Gasteiger partial charge in [-0.2, -0.15) is 0 Å². The minimum atomic E-state index is -1.17. The van der Waals surface area contributed by atoms with Crippen molar-refractivity contribution in [1.82, 2.24) is 4.90 Å². The Balaban J connectivity index is 1.60. The molecule has 1 N–H and O–H groups in total. The van der Waals surface area contributed by atoms with Crippen LogP contribution in [-0.2, 0) is 19.1 Å². The zero-order valence-electron chi connectivity index (χ0n) is 24.0. The van der Waals surface area contributed by atoms with E-state index in [2.05, 4.69) is 13.2 Å². The lowest BCUT2D eigenvalue weighted by molar-refractivity contribution is -0.143. The van der Waals surface area contributed by atoms with E-state index < -0.39 is 35.6 Å². The summed E-state index contributed by atoms with van der Waals surface area (Å²) in [5.74, 6) is -2.43.